The summed E-state index contributed by atoms with van der Waals surface area (Å²) in [5.41, 5.74) is 3.12. The van der Waals surface area contributed by atoms with E-state index in [1.807, 2.05) is 36.5 Å². The monoisotopic (exact) mass is 440 g/mol. The Kier molecular flexibility index (Phi) is 5.88. The van der Waals surface area contributed by atoms with E-state index >= 15 is 0 Å². The molecule has 0 bridgehead atoms. The van der Waals surface area contributed by atoms with E-state index in [0.29, 0.717) is 28.7 Å². The predicted molar refractivity (Wildman–Crippen MR) is 119 cm³/mol. The zero-order valence-electron chi connectivity index (χ0n) is 15.9. The van der Waals surface area contributed by atoms with Gasteiger partial charge in [0.15, 0.2) is 0 Å². The quantitative estimate of drug-likeness (QED) is 0.474. The van der Waals surface area contributed by atoms with Crippen LogP contribution in [0.2, 0.25) is 10.0 Å². The molecule has 2 aromatic carbocycles. The summed E-state index contributed by atoms with van der Waals surface area (Å²) in [5, 5.41) is 9.45. The molecule has 8 heteroatoms. The Bertz CT molecular complexity index is 1260. The van der Waals surface area contributed by atoms with E-state index in [1.54, 1.807) is 18.2 Å². The average Bonchev–Trinajstić information content (AvgIpc) is 3.12. The summed E-state index contributed by atoms with van der Waals surface area (Å²) in [6, 6.07) is 15.8. The number of hydrogen-bond acceptors (Lipinski definition) is 3. The van der Waals surface area contributed by atoms with Crippen molar-refractivity contribution in [3.8, 4) is 11.3 Å². The molecule has 2 heterocycles. The lowest BCUT2D eigenvalue weighted by Gasteiger charge is -2.08. The highest BCUT2D eigenvalue weighted by molar-refractivity contribution is 6.31. The van der Waals surface area contributed by atoms with Gasteiger partial charge in [-0.25, -0.2) is 4.68 Å². The number of H-pyrrole nitrogens is 1. The van der Waals surface area contributed by atoms with Gasteiger partial charge in [0, 0.05) is 45.3 Å². The number of carbonyl (C=O) groups is 1. The van der Waals surface area contributed by atoms with Gasteiger partial charge in [-0.05, 0) is 48.4 Å². The number of amides is 1. The average molecular weight is 441 g/mol. The zero-order valence-corrected chi connectivity index (χ0v) is 17.4. The molecule has 0 aliphatic carbocycles. The molecule has 0 unspecified atom stereocenters. The summed E-state index contributed by atoms with van der Waals surface area (Å²) in [7, 11) is 0. The lowest BCUT2D eigenvalue weighted by Crippen LogP contribution is -2.34. The van der Waals surface area contributed by atoms with Crippen molar-refractivity contribution in [1.82, 2.24) is 20.1 Å². The van der Waals surface area contributed by atoms with Crippen molar-refractivity contribution in [2.75, 3.05) is 6.54 Å². The molecular formula is C22H18Cl2N4O2. The molecule has 2 N–H and O–H groups in total. The highest BCUT2D eigenvalue weighted by atomic mass is 35.5. The topological polar surface area (TPSA) is 79.8 Å². The third-order valence-electron chi connectivity index (χ3n) is 4.75. The van der Waals surface area contributed by atoms with Crippen LogP contribution < -0.4 is 10.9 Å². The first-order chi connectivity index (χ1) is 14.5. The number of fused-ring (bicyclic) bond motifs is 1. The number of rotatable bonds is 6. The van der Waals surface area contributed by atoms with Crippen LogP contribution in [0.3, 0.4) is 0 Å². The summed E-state index contributed by atoms with van der Waals surface area (Å²) >= 11 is 12.0. The first-order valence-electron chi connectivity index (χ1n) is 9.36. The summed E-state index contributed by atoms with van der Waals surface area (Å²) in [5.74, 6) is -0.282. The van der Waals surface area contributed by atoms with Crippen molar-refractivity contribution < 1.29 is 4.79 Å². The molecule has 1 amide bonds. The molecule has 0 saturated carbocycles. The van der Waals surface area contributed by atoms with Gasteiger partial charge in [0.2, 0.25) is 5.91 Å². The standard InChI is InChI=1S/C22H18Cl2N4O2/c23-16-3-1-14(2-4-16)19-7-8-22(30)28(27-19)13-21(29)25-10-9-15-12-26-20-6-5-17(24)11-18(15)20/h1-8,11-12,26H,9-10,13H2,(H,25,29). The molecule has 4 aromatic rings. The molecule has 2 aromatic heterocycles. The van der Waals surface area contributed by atoms with Crippen LogP contribution in [0.15, 0.2) is 65.6 Å². The summed E-state index contributed by atoms with van der Waals surface area (Å²) in [4.78, 5) is 27.7. The second-order valence-corrected chi connectivity index (χ2v) is 7.70. The zero-order chi connectivity index (χ0) is 21.1. The Hall–Kier alpha value is -3.09. The van der Waals surface area contributed by atoms with Gasteiger partial charge in [-0.2, -0.15) is 5.10 Å². The van der Waals surface area contributed by atoms with E-state index in [0.717, 1.165) is 26.7 Å². The maximum atomic E-state index is 12.3. The third-order valence-corrected chi connectivity index (χ3v) is 5.23. The number of nitrogens with zero attached hydrogens (tertiary/aromatic N) is 2. The second-order valence-electron chi connectivity index (χ2n) is 6.83. The van der Waals surface area contributed by atoms with Gasteiger partial charge >= 0.3 is 0 Å². The van der Waals surface area contributed by atoms with Crippen LogP contribution in [-0.4, -0.2) is 27.2 Å². The summed E-state index contributed by atoms with van der Waals surface area (Å²) < 4.78 is 1.16. The molecule has 0 aliphatic rings. The number of carbonyl (C=O) groups excluding carboxylic acids is 1. The first-order valence-corrected chi connectivity index (χ1v) is 10.1. The Balaban J connectivity index is 1.40. The van der Waals surface area contributed by atoms with Crippen LogP contribution in [0, 0.1) is 0 Å². The van der Waals surface area contributed by atoms with Gasteiger partial charge in [0.1, 0.15) is 6.54 Å². The normalized spacial score (nSPS) is 11.0. The largest absolute Gasteiger partial charge is 0.361 e. The van der Waals surface area contributed by atoms with Crippen LogP contribution in [0.5, 0.6) is 0 Å². The van der Waals surface area contributed by atoms with Crippen LogP contribution in [0.25, 0.3) is 22.2 Å². The molecule has 0 radical (unpaired) electrons. The van der Waals surface area contributed by atoms with Crippen molar-refractivity contribution in [1.29, 1.82) is 0 Å². The highest BCUT2D eigenvalue weighted by Crippen LogP contribution is 2.22. The van der Waals surface area contributed by atoms with Gasteiger partial charge in [0.25, 0.3) is 5.56 Å². The Morgan fingerprint density at radius 3 is 2.60 bits per heavy atom. The molecule has 0 aliphatic heterocycles. The minimum atomic E-state index is -0.339. The van der Waals surface area contributed by atoms with E-state index in [9.17, 15) is 9.59 Å². The van der Waals surface area contributed by atoms with Gasteiger partial charge < -0.3 is 10.3 Å². The maximum Gasteiger partial charge on any atom is 0.267 e. The maximum absolute atomic E-state index is 12.3. The van der Waals surface area contributed by atoms with E-state index in [1.165, 1.54) is 6.07 Å². The second kappa shape index (κ2) is 8.73. The summed E-state index contributed by atoms with van der Waals surface area (Å²) in [6.07, 6.45) is 2.55. The van der Waals surface area contributed by atoms with Crippen LogP contribution >= 0.6 is 23.2 Å². The number of aromatic amines is 1. The molecule has 30 heavy (non-hydrogen) atoms. The predicted octanol–water partition coefficient (Wildman–Crippen LogP) is 4.06. The first kappa shape index (κ1) is 20.2. The van der Waals surface area contributed by atoms with Crippen molar-refractivity contribution in [2.24, 2.45) is 0 Å². The molecule has 0 saturated heterocycles. The molecule has 152 valence electrons. The highest BCUT2D eigenvalue weighted by Gasteiger charge is 2.09. The van der Waals surface area contributed by atoms with E-state index in [4.69, 9.17) is 23.2 Å². The van der Waals surface area contributed by atoms with E-state index in [2.05, 4.69) is 15.4 Å². The molecule has 6 nitrogen and oxygen atoms in total. The SMILES string of the molecule is O=C(Cn1nc(-c2ccc(Cl)cc2)ccc1=O)NCCc1c[nH]c2ccc(Cl)cc12. The third kappa shape index (κ3) is 4.56. The minimum Gasteiger partial charge on any atom is -0.361 e. The van der Waals surface area contributed by atoms with E-state index in [-0.39, 0.29) is 18.0 Å². The fourth-order valence-corrected chi connectivity index (χ4v) is 3.52. The van der Waals surface area contributed by atoms with Crippen molar-refractivity contribution in [2.45, 2.75) is 13.0 Å². The summed E-state index contributed by atoms with van der Waals surface area (Å²) in [6.45, 7) is 0.282. The number of nitrogens with one attached hydrogen (secondary N) is 2. The van der Waals surface area contributed by atoms with E-state index < -0.39 is 0 Å². The van der Waals surface area contributed by atoms with Crippen molar-refractivity contribution in [3.05, 3.63) is 86.8 Å². The number of benzene rings is 2. The molecule has 0 atom stereocenters. The van der Waals surface area contributed by atoms with Crippen LogP contribution in [-0.2, 0) is 17.8 Å². The van der Waals surface area contributed by atoms with Gasteiger partial charge in [-0.1, -0.05) is 35.3 Å². The van der Waals surface area contributed by atoms with Crippen LogP contribution in [0.4, 0.5) is 0 Å². The number of hydrogen-bond donors (Lipinski definition) is 2. The van der Waals surface area contributed by atoms with Gasteiger partial charge in [-0.3, -0.25) is 9.59 Å². The molecule has 0 spiro atoms. The fraction of sp³-hybridized carbons (Fsp3) is 0.136. The number of halogens is 2. The lowest BCUT2D eigenvalue weighted by atomic mass is 10.1. The van der Waals surface area contributed by atoms with Gasteiger partial charge in [0.05, 0.1) is 5.69 Å². The lowest BCUT2D eigenvalue weighted by molar-refractivity contribution is -0.121. The smallest absolute Gasteiger partial charge is 0.267 e. The van der Waals surface area contributed by atoms with Crippen molar-refractivity contribution >= 4 is 40.0 Å². The molecule has 4 rings (SSSR count). The van der Waals surface area contributed by atoms with Gasteiger partial charge in [-0.15, -0.1) is 0 Å². The van der Waals surface area contributed by atoms with Crippen molar-refractivity contribution in [3.63, 3.8) is 0 Å². The Labute approximate surface area is 182 Å². The Morgan fingerprint density at radius 2 is 1.80 bits per heavy atom. The minimum absolute atomic E-state index is 0.153. The van der Waals surface area contributed by atoms with Crippen LogP contribution in [0.1, 0.15) is 5.56 Å². The number of aromatic nitrogens is 3. The fourth-order valence-electron chi connectivity index (χ4n) is 3.22. The Morgan fingerprint density at radius 1 is 1.03 bits per heavy atom. The molecular weight excluding hydrogens is 423 g/mol. The molecule has 0 fully saturated rings.